The summed E-state index contributed by atoms with van der Waals surface area (Å²) in [7, 11) is 2.14. The van der Waals surface area contributed by atoms with Gasteiger partial charge in [0.1, 0.15) is 0 Å². The van der Waals surface area contributed by atoms with Gasteiger partial charge in [-0.25, -0.2) is 0 Å². The first-order valence-electron chi connectivity index (χ1n) is 5.54. The van der Waals surface area contributed by atoms with Crippen LogP contribution in [0.25, 0.3) is 0 Å². The van der Waals surface area contributed by atoms with E-state index < -0.39 is 0 Å². The number of likely N-dealkylation sites (N-methyl/N-ethyl adjacent to an activating group) is 1. The van der Waals surface area contributed by atoms with Crippen molar-refractivity contribution in [3.63, 3.8) is 0 Å². The van der Waals surface area contributed by atoms with Gasteiger partial charge in [0.25, 0.3) is 0 Å². The first-order chi connectivity index (χ1) is 6.60. The lowest BCUT2D eigenvalue weighted by Crippen LogP contribution is -2.47. The minimum absolute atomic E-state index is 0.0589. The van der Waals surface area contributed by atoms with Gasteiger partial charge in [0.05, 0.1) is 6.54 Å². The molecule has 80 valence electrons. The van der Waals surface area contributed by atoms with E-state index in [1.165, 1.54) is 0 Å². The number of hydrogen-bond acceptors (Lipinski definition) is 3. The third-order valence-corrected chi connectivity index (χ3v) is 3.64. The van der Waals surface area contributed by atoms with E-state index in [0.29, 0.717) is 12.3 Å². The van der Waals surface area contributed by atoms with Gasteiger partial charge >= 0.3 is 0 Å². The second-order valence-corrected chi connectivity index (χ2v) is 5.06. The zero-order valence-electron chi connectivity index (χ0n) is 9.25. The maximum absolute atomic E-state index is 11.8. The van der Waals surface area contributed by atoms with Crippen molar-refractivity contribution in [3.05, 3.63) is 0 Å². The first-order valence-corrected chi connectivity index (χ1v) is 5.54. The van der Waals surface area contributed by atoms with Crippen molar-refractivity contribution in [2.24, 2.45) is 5.41 Å². The highest BCUT2D eigenvalue weighted by molar-refractivity contribution is 5.88. The van der Waals surface area contributed by atoms with Crippen molar-refractivity contribution < 1.29 is 4.79 Å². The van der Waals surface area contributed by atoms with Crippen molar-refractivity contribution in [2.45, 2.75) is 19.8 Å². The van der Waals surface area contributed by atoms with Gasteiger partial charge in [0, 0.05) is 31.6 Å². The Morgan fingerprint density at radius 2 is 1.79 bits per heavy atom. The molecule has 2 fully saturated rings. The molecule has 1 aliphatic carbocycles. The predicted molar refractivity (Wildman–Crippen MR) is 56.3 cm³/mol. The summed E-state index contributed by atoms with van der Waals surface area (Å²) in [4.78, 5) is 16.4. The summed E-state index contributed by atoms with van der Waals surface area (Å²) in [6.07, 6.45) is 2.22. The smallest absolute Gasteiger partial charge is 0.152 e. The van der Waals surface area contributed by atoms with Crippen LogP contribution in [0.1, 0.15) is 19.8 Å². The average molecular weight is 196 g/mol. The summed E-state index contributed by atoms with van der Waals surface area (Å²) < 4.78 is 0. The second-order valence-electron chi connectivity index (χ2n) is 5.06. The molecule has 0 bridgehead atoms. The quantitative estimate of drug-likeness (QED) is 0.660. The fourth-order valence-electron chi connectivity index (χ4n) is 1.87. The lowest BCUT2D eigenvalue weighted by atomic mass is 10.0. The molecule has 0 atom stereocenters. The summed E-state index contributed by atoms with van der Waals surface area (Å²) in [5.74, 6) is 0.460. The average Bonchev–Trinajstić information content (AvgIpc) is 2.89. The maximum atomic E-state index is 11.8. The fraction of sp³-hybridized carbons (Fsp3) is 0.909. The Morgan fingerprint density at radius 1 is 1.21 bits per heavy atom. The molecule has 0 aromatic heterocycles. The molecule has 1 aliphatic heterocycles. The number of piperazine rings is 1. The lowest BCUT2D eigenvalue weighted by molar-refractivity contribution is -0.125. The molecule has 0 N–H and O–H groups in total. The molecule has 0 aromatic rings. The van der Waals surface area contributed by atoms with Crippen LogP contribution in [0.2, 0.25) is 0 Å². The molecule has 0 spiro atoms. The Hall–Kier alpha value is -0.410. The number of rotatable bonds is 3. The number of carbonyl (C=O) groups is 1. The van der Waals surface area contributed by atoms with Gasteiger partial charge in [-0.1, -0.05) is 6.92 Å². The minimum Gasteiger partial charge on any atom is -0.304 e. The van der Waals surface area contributed by atoms with Crippen LogP contribution in [0, 0.1) is 5.41 Å². The van der Waals surface area contributed by atoms with Crippen LogP contribution in [-0.4, -0.2) is 55.4 Å². The number of Topliss-reactive ketones (excluding diaryl/α,β-unsaturated/α-hetero) is 1. The van der Waals surface area contributed by atoms with Crippen molar-refractivity contribution >= 4 is 5.78 Å². The Morgan fingerprint density at radius 3 is 2.29 bits per heavy atom. The summed E-state index contributed by atoms with van der Waals surface area (Å²) in [5.41, 5.74) is 0.0589. The zero-order valence-corrected chi connectivity index (χ0v) is 9.25. The molecule has 0 radical (unpaired) electrons. The van der Waals surface area contributed by atoms with E-state index in [9.17, 15) is 4.79 Å². The van der Waals surface area contributed by atoms with Crippen LogP contribution in [0.3, 0.4) is 0 Å². The van der Waals surface area contributed by atoms with E-state index in [1.54, 1.807) is 0 Å². The number of carbonyl (C=O) groups excluding carboxylic acids is 1. The van der Waals surface area contributed by atoms with Crippen molar-refractivity contribution in [3.8, 4) is 0 Å². The van der Waals surface area contributed by atoms with Gasteiger partial charge in [0.15, 0.2) is 5.78 Å². The summed E-state index contributed by atoms with van der Waals surface area (Å²) >= 11 is 0. The van der Waals surface area contributed by atoms with Crippen molar-refractivity contribution in [1.82, 2.24) is 9.80 Å². The van der Waals surface area contributed by atoms with Crippen LogP contribution in [0.5, 0.6) is 0 Å². The molecule has 2 aliphatic rings. The van der Waals surface area contributed by atoms with Gasteiger partial charge in [-0.3, -0.25) is 9.69 Å². The molecule has 0 aromatic carbocycles. The van der Waals surface area contributed by atoms with Gasteiger partial charge in [0.2, 0.25) is 0 Å². The van der Waals surface area contributed by atoms with Gasteiger partial charge < -0.3 is 4.90 Å². The second kappa shape index (κ2) is 3.63. The van der Waals surface area contributed by atoms with E-state index in [0.717, 1.165) is 39.0 Å². The first kappa shape index (κ1) is 10.1. The molecule has 1 heterocycles. The molecule has 3 nitrogen and oxygen atoms in total. The van der Waals surface area contributed by atoms with E-state index >= 15 is 0 Å². The third-order valence-electron chi connectivity index (χ3n) is 3.64. The molecular formula is C11H20N2O. The molecule has 3 heteroatoms. The predicted octanol–water partition coefficient (Wildman–Crippen LogP) is 0.603. The standard InChI is InChI=1S/C11H20N2O/c1-11(3-4-11)10(14)9-13-7-5-12(2)6-8-13/h3-9H2,1-2H3. The topological polar surface area (TPSA) is 23.6 Å². The zero-order chi connectivity index (χ0) is 10.2. The van der Waals surface area contributed by atoms with Gasteiger partial charge in [-0.05, 0) is 19.9 Å². The largest absolute Gasteiger partial charge is 0.304 e. The highest BCUT2D eigenvalue weighted by Gasteiger charge is 2.44. The molecule has 1 saturated carbocycles. The Labute approximate surface area is 86.1 Å². The Balaban J connectivity index is 1.78. The number of ketones is 1. The Bertz CT molecular complexity index is 227. The van der Waals surface area contributed by atoms with Crippen molar-refractivity contribution in [2.75, 3.05) is 39.8 Å². The van der Waals surface area contributed by atoms with E-state index in [1.807, 2.05) is 0 Å². The third kappa shape index (κ3) is 2.15. The fourth-order valence-corrected chi connectivity index (χ4v) is 1.87. The highest BCUT2D eigenvalue weighted by Crippen LogP contribution is 2.45. The van der Waals surface area contributed by atoms with Crippen LogP contribution in [-0.2, 0) is 4.79 Å². The molecule has 1 saturated heterocycles. The Kier molecular flexibility index (Phi) is 2.62. The SMILES string of the molecule is CN1CCN(CC(=O)C2(C)CC2)CC1. The minimum atomic E-state index is 0.0589. The number of hydrogen-bond donors (Lipinski definition) is 0. The summed E-state index contributed by atoms with van der Waals surface area (Å²) in [6.45, 7) is 7.10. The van der Waals surface area contributed by atoms with E-state index in [2.05, 4.69) is 23.8 Å². The highest BCUT2D eigenvalue weighted by atomic mass is 16.1. The normalized spacial score (nSPS) is 27.6. The van der Waals surface area contributed by atoms with Crippen LogP contribution in [0.15, 0.2) is 0 Å². The summed E-state index contributed by atoms with van der Waals surface area (Å²) in [6, 6.07) is 0. The molecule has 0 unspecified atom stereocenters. The van der Waals surface area contributed by atoms with Crippen molar-refractivity contribution in [1.29, 1.82) is 0 Å². The monoisotopic (exact) mass is 196 g/mol. The lowest BCUT2D eigenvalue weighted by Gasteiger charge is -2.32. The molecule has 2 rings (SSSR count). The van der Waals surface area contributed by atoms with Gasteiger partial charge in [-0.15, -0.1) is 0 Å². The van der Waals surface area contributed by atoms with E-state index in [4.69, 9.17) is 0 Å². The van der Waals surface area contributed by atoms with Crippen LogP contribution in [0.4, 0.5) is 0 Å². The van der Waals surface area contributed by atoms with E-state index in [-0.39, 0.29) is 5.41 Å². The van der Waals surface area contributed by atoms with Crippen LogP contribution < -0.4 is 0 Å². The summed E-state index contributed by atoms with van der Waals surface area (Å²) in [5, 5.41) is 0. The number of nitrogens with zero attached hydrogens (tertiary/aromatic N) is 2. The molecular weight excluding hydrogens is 176 g/mol. The molecule has 0 amide bonds. The maximum Gasteiger partial charge on any atom is 0.152 e. The van der Waals surface area contributed by atoms with Gasteiger partial charge in [-0.2, -0.15) is 0 Å². The van der Waals surface area contributed by atoms with Crippen LogP contribution >= 0.6 is 0 Å². The molecule has 14 heavy (non-hydrogen) atoms.